The van der Waals surface area contributed by atoms with E-state index in [1.165, 1.54) is 11.5 Å². The molecule has 2 amide bonds. The lowest BCUT2D eigenvalue weighted by atomic mass is 10.0. The van der Waals surface area contributed by atoms with Gasteiger partial charge in [-0.05, 0) is 63.1 Å². The van der Waals surface area contributed by atoms with Gasteiger partial charge in [0.15, 0.2) is 0 Å². The quantitative estimate of drug-likeness (QED) is 0.378. The zero-order valence-electron chi connectivity index (χ0n) is 21.2. The molecule has 3 aromatic carbocycles. The number of aromatic nitrogens is 2. The normalized spacial score (nSPS) is 11.8. The Bertz CT molecular complexity index is 1540. The largest absolute Gasteiger partial charge is 0.326 e. The fraction of sp³-hybridized carbons (Fsp3) is 0.241. The molecule has 0 bridgehead atoms. The van der Waals surface area contributed by atoms with Gasteiger partial charge in [-0.15, -0.1) is 0 Å². The molecule has 1 aromatic heterocycles. The molecule has 1 atom stereocenters. The van der Waals surface area contributed by atoms with Crippen LogP contribution in [-0.2, 0) is 9.59 Å². The van der Waals surface area contributed by atoms with Crippen LogP contribution in [0.1, 0.15) is 43.0 Å². The third kappa shape index (κ3) is 4.91. The Hall–Kier alpha value is -4.26. The van der Waals surface area contributed by atoms with Crippen LogP contribution in [0, 0.1) is 20.8 Å². The van der Waals surface area contributed by atoms with Crippen LogP contribution in [0.2, 0.25) is 0 Å². The number of aryl methyl sites for hydroxylation is 3. The lowest BCUT2D eigenvalue weighted by Crippen LogP contribution is -2.35. The van der Waals surface area contributed by atoms with Gasteiger partial charge in [-0.25, -0.2) is 4.98 Å². The number of nitrogens with one attached hydrogen (secondary N) is 2. The molecule has 7 nitrogen and oxygen atoms in total. The van der Waals surface area contributed by atoms with Gasteiger partial charge >= 0.3 is 0 Å². The van der Waals surface area contributed by atoms with Crippen LogP contribution < -0.4 is 16.2 Å². The molecular weight excluding hydrogens is 452 g/mol. The molecule has 7 heteroatoms. The summed E-state index contributed by atoms with van der Waals surface area (Å²) >= 11 is 0. The van der Waals surface area contributed by atoms with Crippen molar-refractivity contribution >= 4 is 34.2 Å². The highest BCUT2D eigenvalue weighted by Crippen LogP contribution is 2.29. The SMILES string of the molecule is CC[C@H](C(=O)Nc1ccc(C)cc1C)n1c(=O)c(-c2cc(C)ccc2NC(C)=O)nc2ccccc21. The van der Waals surface area contributed by atoms with Crippen LogP contribution in [-0.4, -0.2) is 21.4 Å². The van der Waals surface area contributed by atoms with Gasteiger partial charge in [0.05, 0.1) is 16.7 Å². The highest BCUT2D eigenvalue weighted by atomic mass is 16.2. The molecule has 4 aromatic rings. The maximum Gasteiger partial charge on any atom is 0.278 e. The van der Waals surface area contributed by atoms with Gasteiger partial charge in [0.2, 0.25) is 11.8 Å². The van der Waals surface area contributed by atoms with E-state index in [-0.39, 0.29) is 17.5 Å². The van der Waals surface area contributed by atoms with Crippen LogP contribution in [0.3, 0.4) is 0 Å². The molecular formula is C29H30N4O3. The van der Waals surface area contributed by atoms with Crippen molar-refractivity contribution in [3.63, 3.8) is 0 Å². The Balaban J connectivity index is 1.91. The van der Waals surface area contributed by atoms with Crippen LogP contribution in [0.25, 0.3) is 22.3 Å². The van der Waals surface area contributed by atoms with Crippen molar-refractivity contribution in [2.75, 3.05) is 10.6 Å². The van der Waals surface area contributed by atoms with E-state index < -0.39 is 11.6 Å². The van der Waals surface area contributed by atoms with E-state index in [9.17, 15) is 14.4 Å². The summed E-state index contributed by atoms with van der Waals surface area (Å²) in [6.07, 6.45) is 0.399. The van der Waals surface area contributed by atoms with E-state index in [0.29, 0.717) is 34.4 Å². The van der Waals surface area contributed by atoms with Gasteiger partial charge in [-0.1, -0.05) is 48.4 Å². The van der Waals surface area contributed by atoms with Gasteiger partial charge in [0.1, 0.15) is 11.7 Å². The molecule has 0 unspecified atom stereocenters. The predicted molar refractivity (Wildman–Crippen MR) is 144 cm³/mol. The van der Waals surface area contributed by atoms with Gasteiger partial charge in [0, 0.05) is 18.2 Å². The minimum Gasteiger partial charge on any atom is -0.326 e. The summed E-state index contributed by atoms with van der Waals surface area (Å²) in [5.74, 6) is -0.527. The van der Waals surface area contributed by atoms with Crippen molar-refractivity contribution in [2.24, 2.45) is 0 Å². The Labute approximate surface area is 210 Å². The number of benzene rings is 3. The van der Waals surface area contributed by atoms with E-state index >= 15 is 0 Å². The minimum atomic E-state index is -0.765. The third-order valence-corrected chi connectivity index (χ3v) is 6.18. The molecule has 0 aliphatic carbocycles. The van der Waals surface area contributed by atoms with Crippen molar-refractivity contribution in [3.8, 4) is 11.3 Å². The molecule has 1 heterocycles. The summed E-state index contributed by atoms with van der Waals surface area (Å²) in [4.78, 5) is 44.1. The third-order valence-electron chi connectivity index (χ3n) is 6.18. The number of para-hydroxylation sites is 2. The first kappa shape index (κ1) is 24.9. The first-order valence-electron chi connectivity index (χ1n) is 12.0. The van der Waals surface area contributed by atoms with Crippen LogP contribution in [0.15, 0.2) is 65.5 Å². The second kappa shape index (κ2) is 10.2. The maximum absolute atomic E-state index is 14.0. The van der Waals surface area contributed by atoms with Gasteiger partial charge < -0.3 is 10.6 Å². The lowest BCUT2D eigenvalue weighted by molar-refractivity contribution is -0.119. The average Bonchev–Trinajstić information content (AvgIpc) is 2.83. The second-order valence-corrected chi connectivity index (χ2v) is 9.09. The monoisotopic (exact) mass is 482 g/mol. The van der Waals surface area contributed by atoms with E-state index in [4.69, 9.17) is 0 Å². The van der Waals surface area contributed by atoms with Crippen LogP contribution >= 0.6 is 0 Å². The summed E-state index contributed by atoms with van der Waals surface area (Å²) in [5.41, 5.74) is 5.63. The smallest absolute Gasteiger partial charge is 0.278 e. The van der Waals surface area contributed by atoms with E-state index in [2.05, 4.69) is 15.6 Å². The Morgan fingerprint density at radius 2 is 1.58 bits per heavy atom. The fourth-order valence-electron chi connectivity index (χ4n) is 4.45. The van der Waals surface area contributed by atoms with Crippen molar-refractivity contribution in [2.45, 2.75) is 47.1 Å². The molecule has 4 rings (SSSR count). The van der Waals surface area contributed by atoms with Gasteiger partial charge in [-0.3, -0.25) is 19.0 Å². The molecule has 0 saturated carbocycles. The van der Waals surface area contributed by atoms with Crippen LogP contribution in [0.4, 0.5) is 11.4 Å². The lowest BCUT2D eigenvalue weighted by Gasteiger charge is -2.22. The number of amides is 2. The molecule has 184 valence electrons. The predicted octanol–water partition coefficient (Wildman–Crippen LogP) is 5.54. The molecule has 0 fully saturated rings. The van der Waals surface area contributed by atoms with Gasteiger partial charge in [-0.2, -0.15) is 0 Å². The fourth-order valence-corrected chi connectivity index (χ4v) is 4.45. The van der Waals surface area contributed by atoms with Crippen molar-refractivity contribution in [3.05, 3.63) is 87.7 Å². The van der Waals surface area contributed by atoms with E-state index in [1.807, 2.05) is 76.2 Å². The zero-order valence-corrected chi connectivity index (χ0v) is 21.2. The van der Waals surface area contributed by atoms with E-state index in [1.54, 1.807) is 12.1 Å². The first-order valence-corrected chi connectivity index (χ1v) is 12.0. The minimum absolute atomic E-state index is 0.180. The summed E-state index contributed by atoms with van der Waals surface area (Å²) in [6, 6.07) is 17.8. The van der Waals surface area contributed by atoms with Crippen molar-refractivity contribution < 1.29 is 9.59 Å². The first-order chi connectivity index (χ1) is 17.2. The molecule has 0 saturated heterocycles. The standard InChI is InChI=1S/C29H30N4O3/c1-6-25(28(35)32-22-13-11-17(2)15-19(22)4)33-26-10-8-7-9-24(26)31-27(29(33)36)21-16-18(3)12-14-23(21)30-20(5)34/h7-16,25H,6H2,1-5H3,(H,30,34)(H,32,35)/t25-/m1/s1. The second-order valence-electron chi connectivity index (χ2n) is 9.09. The van der Waals surface area contributed by atoms with Crippen LogP contribution in [0.5, 0.6) is 0 Å². The number of carbonyl (C=O) groups is 2. The topological polar surface area (TPSA) is 93.1 Å². The maximum atomic E-state index is 14.0. The number of nitrogens with zero attached hydrogens (tertiary/aromatic N) is 2. The Morgan fingerprint density at radius 3 is 2.25 bits per heavy atom. The number of fused-ring (bicyclic) bond motifs is 1. The summed E-state index contributed by atoms with van der Waals surface area (Å²) in [7, 11) is 0. The summed E-state index contributed by atoms with van der Waals surface area (Å²) < 4.78 is 1.52. The molecule has 0 radical (unpaired) electrons. The molecule has 0 aliphatic rings. The Kier molecular flexibility index (Phi) is 7.01. The Morgan fingerprint density at radius 1 is 0.917 bits per heavy atom. The molecule has 2 N–H and O–H groups in total. The van der Waals surface area contributed by atoms with Crippen molar-refractivity contribution in [1.82, 2.24) is 9.55 Å². The average molecular weight is 483 g/mol. The number of carbonyl (C=O) groups excluding carboxylic acids is 2. The summed E-state index contributed by atoms with van der Waals surface area (Å²) in [5, 5.41) is 5.81. The van der Waals surface area contributed by atoms with Crippen molar-refractivity contribution in [1.29, 1.82) is 0 Å². The number of hydrogen-bond acceptors (Lipinski definition) is 4. The molecule has 0 spiro atoms. The zero-order chi connectivity index (χ0) is 26.0. The molecule has 36 heavy (non-hydrogen) atoms. The number of anilines is 2. The summed E-state index contributed by atoms with van der Waals surface area (Å²) in [6.45, 7) is 9.14. The van der Waals surface area contributed by atoms with Gasteiger partial charge in [0.25, 0.3) is 5.56 Å². The highest BCUT2D eigenvalue weighted by Gasteiger charge is 2.25. The highest BCUT2D eigenvalue weighted by molar-refractivity contribution is 5.96. The number of hydrogen-bond donors (Lipinski definition) is 2. The molecule has 0 aliphatic heterocycles. The number of rotatable bonds is 6. The van der Waals surface area contributed by atoms with E-state index in [0.717, 1.165) is 16.7 Å².